The highest BCUT2D eigenvalue weighted by Gasteiger charge is 2.60. The van der Waals surface area contributed by atoms with Crippen LogP contribution in [-0.4, -0.2) is 27.2 Å². The van der Waals surface area contributed by atoms with Crippen molar-refractivity contribution >= 4 is 23.2 Å². The molecule has 2 saturated carbocycles. The van der Waals surface area contributed by atoms with Crippen LogP contribution in [0, 0.1) is 11.8 Å². The zero-order valence-corrected chi connectivity index (χ0v) is 12.5. The summed E-state index contributed by atoms with van der Waals surface area (Å²) in [6.45, 7) is 2.22. The van der Waals surface area contributed by atoms with Gasteiger partial charge in [0.1, 0.15) is 10.6 Å². The summed E-state index contributed by atoms with van der Waals surface area (Å²) in [6.07, 6.45) is 4.55. The average molecular weight is 306 g/mol. The molecule has 2 heterocycles. The van der Waals surface area contributed by atoms with Gasteiger partial charge in [0.05, 0.1) is 18.5 Å². The normalized spacial score (nSPS) is 30.4. The summed E-state index contributed by atoms with van der Waals surface area (Å²) < 4.78 is 7.10. The van der Waals surface area contributed by atoms with Crippen LogP contribution in [0.25, 0.3) is 5.65 Å². The number of hydrogen-bond acceptors (Lipinski definition) is 4. The van der Waals surface area contributed by atoms with Gasteiger partial charge in [-0.15, -0.1) is 0 Å². The van der Waals surface area contributed by atoms with Gasteiger partial charge in [-0.1, -0.05) is 11.6 Å². The Bertz CT molecular complexity index is 717. The van der Waals surface area contributed by atoms with Gasteiger partial charge in [0.15, 0.2) is 5.65 Å². The molecule has 0 amide bonds. The van der Waals surface area contributed by atoms with Crippen molar-refractivity contribution in [2.75, 3.05) is 6.61 Å². The number of nitrogens with zero attached hydrogens (tertiary/aromatic N) is 3. The minimum atomic E-state index is -0.625. The van der Waals surface area contributed by atoms with Crippen LogP contribution in [0.4, 0.5) is 0 Å². The van der Waals surface area contributed by atoms with Gasteiger partial charge < -0.3 is 4.74 Å². The Morgan fingerprint density at radius 2 is 2.29 bits per heavy atom. The molecular weight excluding hydrogens is 290 g/mol. The maximum Gasteiger partial charge on any atom is 0.318 e. The van der Waals surface area contributed by atoms with Gasteiger partial charge in [0.25, 0.3) is 0 Å². The van der Waals surface area contributed by atoms with E-state index in [1.54, 1.807) is 22.8 Å². The van der Waals surface area contributed by atoms with Crippen LogP contribution in [0.5, 0.6) is 0 Å². The van der Waals surface area contributed by atoms with Crippen molar-refractivity contribution in [3.8, 4) is 0 Å². The molecule has 2 aliphatic rings. The molecule has 2 fully saturated rings. The van der Waals surface area contributed by atoms with Gasteiger partial charge in [0, 0.05) is 6.07 Å². The standard InChI is InChI=1S/C15H16ClN3O2/c1-2-21-14(20)15(7-9-5-10(9)8-15)11-6-12(16)18-13-3-4-17-19(11)13/h3-4,6,9-10H,2,5,7-8H2,1H3. The first-order valence-corrected chi connectivity index (χ1v) is 7.70. The van der Waals surface area contributed by atoms with Gasteiger partial charge >= 0.3 is 5.97 Å². The molecule has 21 heavy (non-hydrogen) atoms. The number of rotatable bonds is 3. The summed E-state index contributed by atoms with van der Waals surface area (Å²) in [5.41, 5.74) is 0.857. The Labute approximate surface area is 127 Å². The zero-order valence-electron chi connectivity index (χ0n) is 11.8. The molecule has 2 unspecified atom stereocenters. The SMILES string of the molecule is CCOC(=O)C1(c2cc(Cl)nc3ccnn23)CC2CC2C1. The smallest absolute Gasteiger partial charge is 0.318 e. The lowest BCUT2D eigenvalue weighted by Gasteiger charge is -2.29. The Hall–Kier alpha value is -1.62. The number of carbonyl (C=O) groups is 1. The third-order valence-corrected chi connectivity index (χ3v) is 4.97. The molecule has 0 radical (unpaired) electrons. The number of halogens is 1. The predicted molar refractivity (Wildman–Crippen MR) is 77.1 cm³/mol. The first-order valence-electron chi connectivity index (χ1n) is 7.32. The van der Waals surface area contributed by atoms with Crippen LogP contribution in [0.3, 0.4) is 0 Å². The van der Waals surface area contributed by atoms with Crippen molar-refractivity contribution in [2.24, 2.45) is 11.8 Å². The molecule has 2 aromatic heterocycles. The van der Waals surface area contributed by atoms with E-state index in [2.05, 4.69) is 10.1 Å². The van der Waals surface area contributed by atoms with Crippen LogP contribution in [-0.2, 0) is 14.9 Å². The lowest BCUT2D eigenvalue weighted by Crippen LogP contribution is -2.38. The van der Waals surface area contributed by atoms with E-state index in [0.29, 0.717) is 29.2 Å². The van der Waals surface area contributed by atoms with Crippen molar-refractivity contribution < 1.29 is 9.53 Å². The summed E-state index contributed by atoms with van der Waals surface area (Å²) in [7, 11) is 0. The fourth-order valence-corrected chi connectivity index (χ4v) is 3.95. The second-order valence-electron chi connectivity index (χ2n) is 6.03. The summed E-state index contributed by atoms with van der Waals surface area (Å²) in [6, 6.07) is 3.56. The van der Waals surface area contributed by atoms with E-state index < -0.39 is 5.41 Å². The summed E-state index contributed by atoms with van der Waals surface area (Å²) in [5, 5.41) is 4.71. The first-order chi connectivity index (χ1) is 10.1. The molecule has 0 saturated heterocycles. The van der Waals surface area contributed by atoms with Gasteiger partial charge in [-0.25, -0.2) is 9.50 Å². The molecule has 2 aromatic rings. The van der Waals surface area contributed by atoms with Gasteiger partial charge in [-0.05, 0) is 44.1 Å². The van der Waals surface area contributed by atoms with Crippen molar-refractivity contribution in [2.45, 2.75) is 31.6 Å². The van der Waals surface area contributed by atoms with Gasteiger partial charge in [0.2, 0.25) is 0 Å². The third-order valence-electron chi connectivity index (χ3n) is 4.77. The fourth-order valence-electron chi connectivity index (χ4n) is 3.76. The second kappa shape index (κ2) is 4.44. The van der Waals surface area contributed by atoms with E-state index in [1.165, 1.54) is 6.42 Å². The highest BCUT2D eigenvalue weighted by atomic mass is 35.5. The number of esters is 1. The molecule has 6 heteroatoms. The van der Waals surface area contributed by atoms with Crippen molar-refractivity contribution in [1.82, 2.24) is 14.6 Å². The van der Waals surface area contributed by atoms with E-state index in [4.69, 9.17) is 16.3 Å². The van der Waals surface area contributed by atoms with Crippen LogP contribution < -0.4 is 0 Å². The molecule has 5 nitrogen and oxygen atoms in total. The summed E-state index contributed by atoms with van der Waals surface area (Å²) >= 11 is 6.15. The molecular formula is C15H16ClN3O2. The van der Waals surface area contributed by atoms with E-state index in [9.17, 15) is 4.79 Å². The summed E-state index contributed by atoms with van der Waals surface area (Å²) in [4.78, 5) is 16.9. The average Bonchev–Trinajstić information content (AvgIpc) is 2.89. The van der Waals surface area contributed by atoms with E-state index in [0.717, 1.165) is 18.5 Å². The van der Waals surface area contributed by atoms with Gasteiger partial charge in [-0.3, -0.25) is 4.79 Å². The first kappa shape index (κ1) is 13.1. The van der Waals surface area contributed by atoms with E-state index in [-0.39, 0.29) is 5.97 Å². The predicted octanol–water partition coefficient (Wildman–Crippen LogP) is 2.61. The quantitative estimate of drug-likeness (QED) is 0.646. The number of hydrogen-bond donors (Lipinski definition) is 0. The molecule has 2 aliphatic carbocycles. The fraction of sp³-hybridized carbons (Fsp3) is 0.533. The number of ether oxygens (including phenoxy) is 1. The molecule has 0 N–H and O–H groups in total. The minimum Gasteiger partial charge on any atom is -0.465 e. The Morgan fingerprint density at radius 1 is 1.52 bits per heavy atom. The lowest BCUT2D eigenvalue weighted by molar-refractivity contribution is -0.150. The Kier molecular flexibility index (Phi) is 2.76. The largest absolute Gasteiger partial charge is 0.465 e. The molecule has 4 rings (SSSR count). The van der Waals surface area contributed by atoms with Crippen LogP contribution >= 0.6 is 11.6 Å². The monoisotopic (exact) mass is 305 g/mol. The van der Waals surface area contributed by atoms with Crippen molar-refractivity contribution in [3.05, 3.63) is 29.2 Å². The van der Waals surface area contributed by atoms with Crippen molar-refractivity contribution in [3.63, 3.8) is 0 Å². The molecule has 0 bridgehead atoms. The third kappa shape index (κ3) is 1.87. The van der Waals surface area contributed by atoms with Crippen LogP contribution in [0.1, 0.15) is 31.9 Å². The molecule has 110 valence electrons. The second-order valence-corrected chi connectivity index (χ2v) is 6.42. The van der Waals surface area contributed by atoms with Crippen molar-refractivity contribution in [1.29, 1.82) is 0 Å². The number of fused-ring (bicyclic) bond motifs is 2. The molecule has 0 spiro atoms. The highest BCUT2D eigenvalue weighted by molar-refractivity contribution is 6.29. The maximum atomic E-state index is 12.7. The topological polar surface area (TPSA) is 56.5 Å². The number of aromatic nitrogens is 3. The zero-order chi connectivity index (χ0) is 14.6. The summed E-state index contributed by atoms with van der Waals surface area (Å²) in [5.74, 6) is 1.11. The highest BCUT2D eigenvalue weighted by Crippen LogP contribution is 2.61. The van der Waals surface area contributed by atoms with Crippen LogP contribution in [0.2, 0.25) is 5.15 Å². The van der Waals surface area contributed by atoms with E-state index >= 15 is 0 Å². The minimum absolute atomic E-state index is 0.156. The molecule has 0 aliphatic heterocycles. The van der Waals surface area contributed by atoms with E-state index in [1.807, 2.05) is 6.92 Å². The molecule has 0 aromatic carbocycles. The Balaban J connectivity index is 1.89. The lowest BCUT2D eigenvalue weighted by atomic mass is 9.79. The molecule has 2 atom stereocenters. The van der Waals surface area contributed by atoms with Gasteiger partial charge in [-0.2, -0.15) is 5.10 Å². The number of carbonyl (C=O) groups excluding carboxylic acids is 1. The Morgan fingerprint density at radius 3 is 3.00 bits per heavy atom. The van der Waals surface area contributed by atoms with Crippen LogP contribution in [0.15, 0.2) is 18.3 Å². The maximum absolute atomic E-state index is 12.7.